The van der Waals surface area contributed by atoms with E-state index in [1.54, 1.807) is 19.9 Å². The molecule has 1 aliphatic heterocycles. The Morgan fingerprint density at radius 2 is 1.75 bits per heavy atom. The van der Waals surface area contributed by atoms with Crippen molar-refractivity contribution >= 4 is 11.8 Å². The minimum Gasteiger partial charge on any atom is -0.274 e. The van der Waals surface area contributed by atoms with Gasteiger partial charge in [0.15, 0.2) is 0 Å². The zero-order chi connectivity index (χ0) is 9.30. The molecule has 1 heterocycles. The highest BCUT2D eigenvalue weighted by molar-refractivity contribution is 6.04. The molecule has 1 fully saturated rings. The van der Waals surface area contributed by atoms with Crippen molar-refractivity contribution in [3.8, 4) is 6.07 Å². The Balaban J connectivity index is 2.85. The smallest absolute Gasteiger partial charge is 0.233 e. The number of carbonyl (C=O) groups is 2. The number of imide groups is 1. The van der Waals surface area contributed by atoms with Crippen LogP contribution in [-0.2, 0) is 9.59 Å². The summed E-state index contributed by atoms with van der Waals surface area (Å²) in [4.78, 5) is 23.6. The molecule has 1 saturated heterocycles. The number of nitriles is 1. The van der Waals surface area contributed by atoms with Crippen LogP contribution in [0.2, 0.25) is 0 Å². The van der Waals surface area contributed by atoms with Gasteiger partial charge >= 0.3 is 0 Å². The summed E-state index contributed by atoms with van der Waals surface area (Å²) in [7, 11) is 0. The normalized spacial score (nSPS) is 29.2. The molecule has 2 unspecified atom stereocenters. The highest BCUT2D eigenvalue weighted by Crippen LogP contribution is 2.24. The minimum absolute atomic E-state index is 0.119. The molecule has 0 aliphatic carbocycles. The average Bonchev–Trinajstić information content (AvgIpc) is 2.23. The van der Waals surface area contributed by atoms with Crippen LogP contribution in [0.4, 0.5) is 0 Å². The summed E-state index contributed by atoms with van der Waals surface area (Å²) in [5, 5.41) is 8.34. The second kappa shape index (κ2) is 2.94. The van der Waals surface area contributed by atoms with E-state index < -0.39 is 0 Å². The largest absolute Gasteiger partial charge is 0.274 e. The Labute approximate surface area is 70.8 Å². The van der Waals surface area contributed by atoms with E-state index >= 15 is 0 Å². The van der Waals surface area contributed by atoms with Crippen molar-refractivity contribution in [1.29, 1.82) is 5.26 Å². The molecule has 0 spiro atoms. The molecule has 0 N–H and O–H groups in total. The van der Waals surface area contributed by atoms with Crippen molar-refractivity contribution < 1.29 is 9.59 Å². The first kappa shape index (κ1) is 8.72. The Morgan fingerprint density at radius 3 is 2.08 bits per heavy atom. The van der Waals surface area contributed by atoms with Crippen LogP contribution in [0.3, 0.4) is 0 Å². The number of carbonyl (C=O) groups excluding carboxylic acids is 2. The second-order valence-corrected chi connectivity index (χ2v) is 3.00. The van der Waals surface area contributed by atoms with Crippen molar-refractivity contribution in [1.82, 2.24) is 4.90 Å². The Kier molecular flexibility index (Phi) is 2.13. The van der Waals surface area contributed by atoms with Gasteiger partial charge in [0.1, 0.15) is 6.54 Å². The van der Waals surface area contributed by atoms with Crippen LogP contribution in [0.1, 0.15) is 13.8 Å². The van der Waals surface area contributed by atoms with Gasteiger partial charge in [0.05, 0.1) is 6.07 Å². The third-order valence-electron chi connectivity index (χ3n) is 2.29. The summed E-state index contributed by atoms with van der Waals surface area (Å²) in [6.07, 6.45) is 0. The summed E-state index contributed by atoms with van der Waals surface area (Å²) in [6.45, 7) is 3.30. The molecule has 1 aliphatic rings. The predicted octanol–water partition coefficient (Wildman–Crippen LogP) is 0.151. The van der Waals surface area contributed by atoms with Gasteiger partial charge in [0.25, 0.3) is 0 Å². The fourth-order valence-corrected chi connectivity index (χ4v) is 1.25. The van der Waals surface area contributed by atoms with E-state index in [1.807, 2.05) is 0 Å². The van der Waals surface area contributed by atoms with Crippen LogP contribution in [0.25, 0.3) is 0 Å². The average molecular weight is 166 g/mol. The fourth-order valence-electron chi connectivity index (χ4n) is 1.25. The molecule has 0 aromatic carbocycles. The number of hydrogen-bond acceptors (Lipinski definition) is 3. The van der Waals surface area contributed by atoms with Gasteiger partial charge in [-0.3, -0.25) is 14.5 Å². The first-order chi connectivity index (χ1) is 5.59. The molecule has 4 nitrogen and oxygen atoms in total. The summed E-state index contributed by atoms with van der Waals surface area (Å²) >= 11 is 0. The third-order valence-corrected chi connectivity index (χ3v) is 2.29. The predicted molar refractivity (Wildman–Crippen MR) is 40.7 cm³/mol. The number of likely N-dealkylation sites (tertiary alicyclic amines) is 1. The maximum atomic E-state index is 11.3. The number of hydrogen-bond donors (Lipinski definition) is 0. The maximum absolute atomic E-state index is 11.3. The highest BCUT2D eigenvalue weighted by atomic mass is 16.2. The van der Waals surface area contributed by atoms with Gasteiger partial charge in [-0.1, -0.05) is 13.8 Å². The number of amides is 2. The van der Waals surface area contributed by atoms with Gasteiger partial charge in [-0.05, 0) is 0 Å². The lowest BCUT2D eigenvalue weighted by Gasteiger charge is -2.07. The molecule has 2 atom stereocenters. The lowest BCUT2D eigenvalue weighted by atomic mass is 10.00. The van der Waals surface area contributed by atoms with E-state index in [-0.39, 0.29) is 30.2 Å². The SMILES string of the molecule is CC1C(=O)N(CC#N)C(=O)C1C. The molecule has 4 heteroatoms. The van der Waals surface area contributed by atoms with Crippen molar-refractivity contribution in [2.75, 3.05) is 6.54 Å². The Hall–Kier alpha value is -1.37. The van der Waals surface area contributed by atoms with E-state index in [2.05, 4.69) is 0 Å². The van der Waals surface area contributed by atoms with Crippen molar-refractivity contribution in [3.05, 3.63) is 0 Å². The van der Waals surface area contributed by atoms with Gasteiger partial charge < -0.3 is 0 Å². The van der Waals surface area contributed by atoms with Crippen molar-refractivity contribution in [2.45, 2.75) is 13.8 Å². The van der Waals surface area contributed by atoms with E-state index in [1.165, 1.54) is 0 Å². The Bertz CT molecular complexity index is 247. The molecule has 0 aromatic rings. The van der Waals surface area contributed by atoms with Crippen molar-refractivity contribution in [2.24, 2.45) is 11.8 Å². The molecule has 0 bridgehead atoms. The zero-order valence-electron chi connectivity index (χ0n) is 7.07. The van der Waals surface area contributed by atoms with Crippen LogP contribution >= 0.6 is 0 Å². The molecule has 64 valence electrons. The molecule has 1 rings (SSSR count). The molecule has 12 heavy (non-hydrogen) atoms. The molecular formula is C8H10N2O2. The van der Waals surface area contributed by atoms with E-state index in [0.29, 0.717) is 0 Å². The van der Waals surface area contributed by atoms with Gasteiger partial charge in [-0.25, -0.2) is 0 Å². The Morgan fingerprint density at radius 1 is 1.33 bits per heavy atom. The van der Waals surface area contributed by atoms with Gasteiger partial charge in [-0.15, -0.1) is 0 Å². The van der Waals surface area contributed by atoms with E-state index in [4.69, 9.17) is 5.26 Å². The minimum atomic E-state index is -0.272. The molecule has 2 amide bonds. The van der Waals surface area contributed by atoms with Crippen molar-refractivity contribution in [3.63, 3.8) is 0 Å². The monoisotopic (exact) mass is 166 g/mol. The molecule has 0 radical (unpaired) electrons. The van der Waals surface area contributed by atoms with Crippen LogP contribution in [0.5, 0.6) is 0 Å². The third kappa shape index (κ3) is 1.07. The zero-order valence-corrected chi connectivity index (χ0v) is 7.07. The highest BCUT2D eigenvalue weighted by Gasteiger charge is 2.41. The first-order valence-electron chi connectivity index (χ1n) is 3.81. The van der Waals surface area contributed by atoms with Gasteiger partial charge in [0.2, 0.25) is 11.8 Å². The molecule has 0 aromatic heterocycles. The summed E-state index contributed by atoms with van der Waals surface area (Å²) in [5.74, 6) is -1.00. The van der Waals surface area contributed by atoms with E-state index in [0.717, 1.165) is 4.90 Å². The molecule has 0 saturated carbocycles. The van der Waals surface area contributed by atoms with Crippen LogP contribution < -0.4 is 0 Å². The molecular weight excluding hydrogens is 156 g/mol. The standard InChI is InChI=1S/C8H10N2O2/c1-5-6(2)8(12)10(4-3-9)7(5)11/h5-6H,4H2,1-2H3. The fraction of sp³-hybridized carbons (Fsp3) is 0.625. The quantitative estimate of drug-likeness (QED) is 0.411. The second-order valence-electron chi connectivity index (χ2n) is 3.00. The lowest BCUT2D eigenvalue weighted by molar-refractivity contribution is -0.138. The lowest BCUT2D eigenvalue weighted by Crippen LogP contribution is -2.31. The van der Waals surface area contributed by atoms with E-state index in [9.17, 15) is 9.59 Å². The summed E-state index contributed by atoms with van der Waals surface area (Å²) < 4.78 is 0. The first-order valence-corrected chi connectivity index (χ1v) is 3.81. The topological polar surface area (TPSA) is 61.2 Å². The van der Waals surface area contributed by atoms with Gasteiger partial charge in [0, 0.05) is 11.8 Å². The number of rotatable bonds is 1. The van der Waals surface area contributed by atoms with Gasteiger partial charge in [-0.2, -0.15) is 5.26 Å². The van der Waals surface area contributed by atoms with Crippen LogP contribution in [0, 0.1) is 23.2 Å². The maximum Gasteiger partial charge on any atom is 0.233 e. The van der Waals surface area contributed by atoms with Crippen LogP contribution in [-0.4, -0.2) is 23.3 Å². The summed E-state index contributed by atoms with van der Waals surface area (Å²) in [5.41, 5.74) is 0. The summed E-state index contributed by atoms with van der Waals surface area (Å²) in [6, 6.07) is 1.80. The number of nitrogens with zero attached hydrogens (tertiary/aromatic N) is 2. The van der Waals surface area contributed by atoms with Crippen LogP contribution in [0.15, 0.2) is 0 Å².